The minimum Gasteiger partial charge on any atom is -0.482 e. The van der Waals surface area contributed by atoms with Gasteiger partial charge in [-0.15, -0.1) is 0 Å². The second-order valence-electron chi connectivity index (χ2n) is 5.76. The topological polar surface area (TPSA) is 72.8 Å². The largest absolute Gasteiger partial charge is 0.482 e. The number of hydrogen-bond acceptors (Lipinski definition) is 4. The number of hydrogen-bond donors (Lipinski definition) is 1. The van der Waals surface area contributed by atoms with Crippen LogP contribution in [-0.2, 0) is 4.79 Å². The van der Waals surface area contributed by atoms with Gasteiger partial charge in [0.05, 0.1) is 0 Å². The molecule has 0 aliphatic rings. The fourth-order valence-electron chi connectivity index (χ4n) is 2.26. The summed E-state index contributed by atoms with van der Waals surface area (Å²) in [5, 5.41) is 9.09. The van der Waals surface area contributed by atoms with Crippen LogP contribution in [0.5, 0.6) is 11.5 Å². The predicted molar refractivity (Wildman–Crippen MR) is 89.8 cm³/mol. The van der Waals surface area contributed by atoms with Crippen molar-refractivity contribution in [3.63, 3.8) is 0 Å². The summed E-state index contributed by atoms with van der Waals surface area (Å²) in [7, 11) is 0. The lowest BCUT2D eigenvalue weighted by Gasteiger charge is -2.14. The highest BCUT2D eigenvalue weighted by molar-refractivity contribution is 5.92. The molecule has 5 heteroatoms. The molecule has 0 aromatic heterocycles. The molecular formula is C19H20O5. The van der Waals surface area contributed by atoms with Gasteiger partial charge in [-0.05, 0) is 42.2 Å². The first-order valence-corrected chi connectivity index (χ1v) is 7.65. The Morgan fingerprint density at radius 2 is 1.79 bits per heavy atom. The summed E-state index contributed by atoms with van der Waals surface area (Å²) in [4.78, 5) is 23.1. The van der Waals surface area contributed by atoms with Crippen molar-refractivity contribution < 1.29 is 24.2 Å². The van der Waals surface area contributed by atoms with Crippen molar-refractivity contribution in [2.45, 2.75) is 26.7 Å². The maximum atomic E-state index is 12.0. The lowest BCUT2D eigenvalue weighted by atomic mass is 10.0. The van der Waals surface area contributed by atoms with Crippen molar-refractivity contribution >= 4 is 11.9 Å². The Labute approximate surface area is 140 Å². The Kier molecular flexibility index (Phi) is 5.58. The number of carboxylic acid groups (broad SMARTS) is 1. The van der Waals surface area contributed by atoms with Crippen LogP contribution in [0.15, 0.2) is 42.5 Å². The molecule has 0 amide bonds. The van der Waals surface area contributed by atoms with Crippen LogP contribution in [0.1, 0.15) is 41.3 Å². The third kappa shape index (κ3) is 4.35. The van der Waals surface area contributed by atoms with Crippen LogP contribution >= 0.6 is 0 Å². The first kappa shape index (κ1) is 17.5. The van der Waals surface area contributed by atoms with Crippen LogP contribution in [0.25, 0.3) is 0 Å². The molecule has 1 N–H and O–H groups in total. The van der Waals surface area contributed by atoms with E-state index in [1.54, 1.807) is 12.1 Å². The van der Waals surface area contributed by atoms with Crippen LogP contribution in [0, 0.1) is 6.92 Å². The van der Waals surface area contributed by atoms with Gasteiger partial charge in [-0.3, -0.25) is 0 Å². The van der Waals surface area contributed by atoms with Gasteiger partial charge in [0.25, 0.3) is 0 Å². The number of carboxylic acids is 1. The average molecular weight is 328 g/mol. The van der Waals surface area contributed by atoms with Crippen LogP contribution < -0.4 is 9.47 Å². The van der Waals surface area contributed by atoms with E-state index in [1.807, 2.05) is 39.0 Å². The summed E-state index contributed by atoms with van der Waals surface area (Å²) in [5.41, 5.74) is 1.96. The zero-order valence-electron chi connectivity index (χ0n) is 13.9. The molecule has 2 rings (SSSR count). The standard InChI is InChI=1S/C19H20O5/c1-12(2)14-9-8-13(3)10-17(14)23-11-18(20)24-16-7-5-4-6-15(16)19(21)22/h4-10,12H,11H2,1-3H3,(H,21,22). The Morgan fingerprint density at radius 1 is 1.08 bits per heavy atom. The van der Waals surface area contributed by atoms with Gasteiger partial charge in [0.15, 0.2) is 6.61 Å². The summed E-state index contributed by atoms with van der Waals surface area (Å²) < 4.78 is 10.7. The molecule has 126 valence electrons. The van der Waals surface area contributed by atoms with Gasteiger partial charge in [-0.1, -0.05) is 38.1 Å². The molecule has 2 aromatic carbocycles. The van der Waals surface area contributed by atoms with E-state index >= 15 is 0 Å². The van der Waals surface area contributed by atoms with Crippen molar-refractivity contribution in [2.24, 2.45) is 0 Å². The van der Waals surface area contributed by atoms with Crippen molar-refractivity contribution in [1.29, 1.82) is 0 Å². The molecule has 0 unspecified atom stereocenters. The first-order chi connectivity index (χ1) is 11.4. The number of carbonyl (C=O) groups excluding carboxylic acids is 1. The summed E-state index contributed by atoms with van der Waals surface area (Å²) in [6.07, 6.45) is 0. The van der Waals surface area contributed by atoms with Gasteiger partial charge in [0.2, 0.25) is 0 Å². The van der Waals surface area contributed by atoms with Gasteiger partial charge >= 0.3 is 11.9 Å². The number of esters is 1. The molecule has 0 heterocycles. The van der Waals surface area contributed by atoms with E-state index in [1.165, 1.54) is 12.1 Å². The highest BCUT2D eigenvalue weighted by atomic mass is 16.6. The number of carbonyl (C=O) groups is 2. The third-order valence-corrected chi connectivity index (χ3v) is 3.48. The van der Waals surface area contributed by atoms with Crippen LogP contribution in [0.3, 0.4) is 0 Å². The van der Waals surface area contributed by atoms with Crippen molar-refractivity contribution in [2.75, 3.05) is 6.61 Å². The fraction of sp³-hybridized carbons (Fsp3) is 0.263. The van der Waals surface area contributed by atoms with E-state index in [-0.39, 0.29) is 23.8 Å². The summed E-state index contributed by atoms with van der Waals surface area (Å²) >= 11 is 0. The van der Waals surface area contributed by atoms with Crippen LogP contribution in [0.2, 0.25) is 0 Å². The molecule has 5 nitrogen and oxygen atoms in total. The predicted octanol–water partition coefficient (Wildman–Crippen LogP) is 3.80. The molecule has 0 atom stereocenters. The number of ether oxygens (including phenoxy) is 2. The van der Waals surface area contributed by atoms with Gasteiger partial charge in [-0.2, -0.15) is 0 Å². The quantitative estimate of drug-likeness (QED) is 0.645. The van der Waals surface area contributed by atoms with Gasteiger partial charge in [0, 0.05) is 0 Å². The number of benzene rings is 2. The van der Waals surface area contributed by atoms with Gasteiger partial charge in [0.1, 0.15) is 17.1 Å². The fourth-order valence-corrected chi connectivity index (χ4v) is 2.26. The Hall–Kier alpha value is -2.82. The highest BCUT2D eigenvalue weighted by Gasteiger charge is 2.15. The first-order valence-electron chi connectivity index (χ1n) is 7.65. The molecule has 0 saturated heterocycles. The normalized spacial score (nSPS) is 10.5. The van der Waals surface area contributed by atoms with E-state index in [0.717, 1.165) is 11.1 Å². The van der Waals surface area contributed by atoms with E-state index < -0.39 is 11.9 Å². The number of aromatic carboxylic acids is 1. The van der Waals surface area contributed by atoms with Crippen molar-refractivity contribution in [3.05, 3.63) is 59.2 Å². The minimum absolute atomic E-state index is 0.00641. The Balaban J connectivity index is 2.07. The van der Waals surface area contributed by atoms with Gasteiger partial charge < -0.3 is 14.6 Å². The number of rotatable bonds is 6. The zero-order chi connectivity index (χ0) is 17.7. The molecule has 0 spiro atoms. The second-order valence-corrected chi connectivity index (χ2v) is 5.76. The van der Waals surface area contributed by atoms with E-state index in [0.29, 0.717) is 5.75 Å². The lowest BCUT2D eigenvalue weighted by molar-refractivity contribution is -0.136. The third-order valence-electron chi connectivity index (χ3n) is 3.48. The molecule has 24 heavy (non-hydrogen) atoms. The molecule has 0 bridgehead atoms. The summed E-state index contributed by atoms with van der Waals surface area (Å²) in [6.45, 7) is 5.73. The van der Waals surface area contributed by atoms with Crippen molar-refractivity contribution in [3.8, 4) is 11.5 Å². The van der Waals surface area contributed by atoms with E-state index in [9.17, 15) is 9.59 Å². The number of aryl methyl sites for hydroxylation is 1. The van der Waals surface area contributed by atoms with Crippen molar-refractivity contribution in [1.82, 2.24) is 0 Å². The van der Waals surface area contributed by atoms with Gasteiger partial charge in [-0.25, -0.2) is 9.59 Å². The zero-order valence-corrected chi connectivity index (χ0v) is 13.9. The van der Waals surface area contributed by atoms with Crippen LogP contribution in [0.4, 0.5) is 0 Å². The molecule has 0 radical (unpaired) electrons. The monoisotopic (exact) mass is 328 g/mol. The minimum atomic E-state index is -1.15. The lowest BCUT2D eigenvalue weighted by Crippen LogP contribution is -2.19. The Morgan fingerprint density at radius 3 is 2.46 bits per heavy atom. The molecule has 0 aliphatic carbocycles. The summed E-state index contributed by atoms with van der Waals surface area (Å²) in [6, 6.07) is 11.8. The molecule has 0 fully saturated rings. The average Bonchev–Trinajstić information content (AvgIpc) is 2.53. The van der Waals surface area contributed by atoms with E-state index in [2.05, 4.69) is 0 Å². The van der Waals surface area contributed by atoms with E-state index in [4.69, 9.17) is 14.6 Å². The molecule has 2 aromatic rings. The molecule has 0 aliphatic heterocycles. The maximum absolute atomic E-state index is 12.0. The number of para-hydroxylation sites is 1. The SMILES string of the molecule is Cc1ccc(C(C)C)c(OCC(=O)Oc2ccccc2C(=O)O)c1. The molecule has 0 saturated carbocycles. The van der Waals surface area contributed by atoms with Crippen LogP contribution in [-0.4, -0.2) is 23.7 Å². The highest BCUT2D eigenvalue weighted by Crippen LogP contribution is 2.27. The molecular weight excluding hydrogens is 308 g/mol. The smallest absolute Gasteiger partial charge is 0.349 e. The Bertz CT molecular complexity index is 749. The summed E-state index contributed by atoms with van der Waals surface area (Å²) in [5.74, 6) is -0.912. The maximum Gasteiger partial charge on any atom is 0.349 e. The second kappa shape index (κ2) is 7.64.